The quantitative estimate of drug-likeness (QED) is 0.490. The maximum absolute atomic E-state index is 5.56. The highest BCUT2D eigenvalue weighted by molar-refractivity contribution is 5.29. The van der Waals surface area contributed by atoms with Crippen molar-refractivity contribution in [2.24, 2.45) is 0 Å². The molecule has 0 heterocycles. The van der Waals surface area contributed by atoms with E-state index >= 15 is 0 Å². The number of aryl methyl sites for hydroxylation is 2. The van der Waals surface area contributed by atoms with Gasteiger partial charge in [-0.15, -0.1) is 0 Å². The first-order valence-corrected chi connectivity index (χ1v) is 3.02. The van der Waals surface area contributed by atoms with Crippen LogP contribution < -0.4 is 0 Å². The highest BCUT2D eigenvalue weighted by Crippen LogP contribution is 2.06. The Labute approximate surface area is 56.5 Å². The summed E-state index contributed by atoms with van der Waals surface area (Å²) >= 11 is 0. The van der Waals surface area contributed by atoms with E-state index in [-0.39, 0.29) is 0 Å². The molecule has 1 aromatic carbocycles. The van der Waals surface area contributed by atoms with Crippen molar-refractivity contribution in [1.82, 2.24) is 0 Å². The molecule has 0 nitrogen and oxygen atoms in total. The van der Waals surface area contributed by atoms with Crippen LogP contribution in [0.4, 0.5) is 0 Å². The van der Waals surface area contributed by atoms with Gasteiger partial charge in [0, 0.05) is 0 Å². The average Bonchev–Trinajstić information content (AvgIpc) is 1.59. The Morgan fingerprint density at radius 2 is 1.44 bits per heavy atom. The number of benzene rings is 1. The van der Waals surface area contributed by atoms with Crippen molar-refractivity contribution in [3.63, 3.8) is 0 Å². The van der Waals surface area contributed by atoms with Crippen molar-refractivity contribution in [3.05, 3.63) is 41.8 Å². The summed E-state index contributed by atoms with van der Waals surface area (Å²) in [6.07, 6.45) is 0. The van der Waals surface area contributed by atoms with Gasteiger partial charge in [0.15, 0.2) is 0 Å². The van der Waals surface area contributed by atoms with Crippen LogP contribution in [0.25, 0.3) is 0 Å². The monoisotopic (exact) mass is 118 g/mol. The summed E-state index contributed by atoms with van der Waals surface area (Å²) in [4.78, 5) is 0. The molecule has 0 atom stereocenters. The molecule has 0 aliphatic rings. The minimum absolute atomic E-state index is 0.854. The Morgan fingerprint density at radius 1 is 1.00 bits per heavy atom. The van der Waals surface area contributed by atoms with Gasteiger partial charge in [0.2, 0.25) is 0 Å². The van der Waals surface area contributed by atoms with Gasteiger partial charge >= 0.3 is 0 Å². The molecule has 2 radical (unpaired) electrons. The average molecular weight is 118 g/mol. The first-order valence-electron chi connectivity index (χ1n) is 3.02. The highest BCUT2D eigenvalue weighted by atomic mass is 13.9. The molecule has 1 rings (SSSR count). The van der Waals surface area contributed by atoms with Crippen LogP contribution >= 0.6 is 0 Å². The fraction of sp³-hybridized carbons (Fsp3) is 0.222. The standard InChI is InChI=1S/C9H10/c1-7-4-8(2)6-9(3)5-7/h1,4-6H,2-3H3. The van der Waals surface area contributed by atoms with Gasteiger partial charge in [-0.05, 0) is 26.3 Å². The van der Waals surface area contributed by atoms with E-state index in [0.717, 1.165) is 5.56 Å². The normalized spacial score (nSPS) is 9.67. The maximum atomic E-state index is 5.56. The molecule has 0 unspecified atom stereocenters. The lowest BCUT2D eigenvalue weighted by atomic mass is 10.1. The van der Waals surface area contributed by atoms with E-state index in [1.54, 1.807) is 0 Å². The summed E-state index contributed by atoms with van der Waals surface area (Å²) in [5, 5.41) is 0. The molecule has 1 aromatic rings. The zero-order valence-corrected chi connectivity index (χ0v) is 5.81. The van der Waals surface area contributed by atoms with E-state index in [1.165, 1.54) is 11.1 Å². The van der Waals surface area contributed by atoms with E-state index in [0.29, 0.717) is 0 Å². The second-order valence-electron chi connectivity index (χ2n) is 2.42. The summed E-state index contributed by atoms with van der Waals surface area (Å²) in [7, 11) is 0. The molecule has 0 aliphatic carbocycles. The van der Waals surface area contributed by atoms with Crippen LogP contribution in [0.5, 0.6) is 0 Å². The summed E-state index contributed by atoms with van der Waals surface area (Å²) in [6.45, 7) is 9.65. The van der Waals surface area contributed by atoms with Crippen molar-refractivity contribution < 1.29 is 0 Å². The maximum Gasteiger partial charge on any atom is -0.00118 e. The second-order valence-corrected chi connectivity index (χ2v) is 2.42. The molecular formula is C9H10. The van der Waals surface area contributed by atoms with Crippen LogP contribution in [-0.2, 0) is 0 Å². The van der Waals surface area contributed by atoms with Crippen molar-refractivity contribution in [1.29, 1.82) is 0 Å². The first kappa shape index (κ1) is 6.34. The van der Waals surface area contributed by atoms with Gasteiger partial charge in [0.25, 0.3) is 0 Å². The number of hydrogen-bond acceptors (Lipinski definition) is 0. The van der Waals surface area contributed by atoms with E-state index < -0.39 is 0 Å². The minimum Gasteiger partial charge on any atom is -0.0564 e. The lowest BCUT2D eigenvalue weighted by molar-refractivity contribution is 1.36. The van der Waals surface area contributed by atoms with Gasteiger partial charge in [0.05, 0.1) is 0 Å². The molecule has 0 amide bonds. The van der Waals surface area contributed by atoms with Gasteiger partial charge < -0.3 is 0 Å². The van der Waals surface area contributed by atoms with Crippen LogP contribution in [0.15, 0.2) is 18.2 Å². The van der Waals surface area contributed by atoms with Crippen LogP contribution in [0, 0.1) is 20.8 Å². The smallest absolute Gasteiger partial charge is 0.00118 e. The Bertz CT molecular complexity index is 161. The lowest BCUT2D eigenvalue weighted by Gasteiger charge is -1.96. The molecule has 9 heavy (non-hydrogen) atoms. The lowest BCUT2D eigenvalue weighted by Crippen LogP contribution is -1.78. The van der Waals surface area contributed by atoms with Gasteiger partial charge in [-0.1, -0.05) is 29.3 Å². The molecule has 0 saturated carbocycles. The molecule has 0 heteroatoms. The number of hydrogen-bond donors (Lipinski definition) is 0. The predicted octanol–water partition coefficient (Wildman–Crippen LogP) is 2.36. The molecule has 46 valence electrons. The molecule has 0 spiro atoms. The van der Waals surface area contributed by atoms with Crippen LogP contribution in [-0.4, -0.2) is 0 Å². The second kappa shape index (κ2) is 2.22. The SMILES string of the molecule is [CH]c1cc(C)cc(C)c1. The molecule has 0 aliphatic heterocycles. The zero-order chi connectivity index (χ0) is 6.85. The van der Waals surface area contributed by atoms with Gasteiger partial charge in [0.1, 0.15) is 0 Å². The van der Waals surface area contributed by atoms with Gasteiger partial charge in [-0.2, -0.15) is 0 Å². The number of rotatable bonds is 0. The molecular weight excluding hydrogens is 108 g/mol. The first-order chi connectivity index (χ1) is 4.18. The van der Waals surface area contributed by atoms with Crippen LogP contribution in [0.3, 0.4) is 0 Å². The summed E-state index contributed by atoms with van der Waals surface area (Å²) in [6, 6.07) is 6.04. The molecule has 0 aromatic heterocycles. The summed E-state index contributed by atoms with van der Waals surface area (Å²) in [5.41, 5.74) is 3.31. The Hall–Kier alpha value is -0.780. The zero-order valence-electron chi connectivity index (χ0n) is 5.81. The predicted molar refractivity (Wildman–Crippen MR) is 39.3 cm³/mol. The Kier molecular flexibility index (Phi) is 1.56. The van der Waals surface area contributed by atoms with Crippen molar-refractivity contribution >= 4 is 0 Å². The third kappa shape index (κ3) is 1.56. The van der Waals surface area contributed by atoms with Crippen LogP contribution in [0.2, 0.25) is 0 Å². The minimum atomic E-state index is 0.854. The van der Waals surface area contributed by atoms with Crippen LogP contribution in [0.1, 0.15) is 16.7 Å². The Balaban J connectivity index is 3.17. The van der Waals surface area contributed by atoms with E-state index in [9.17, 15) is 0 Å². The summed E-state index contributed by atoms with van der Waals surface area (Å²) < 4.78 is 0. The van der Waals surface area contributed by atoms with Gasteiger partial charge in [-0.25, -0.2) is 0 Å². The third-order valence-electron chi connectivity index (χ3n) is 1.24. The van der Waals surface area contributed by atoms with Crippen molar-refractivity contribution in [2.45, 2.75) is 13.8 Å². The molecule has 0 N–H and O–H groups in total. The highest BCUT2D eigenvalue weighted by Gasteiger charge is 1.87. The molecule has 0 fully saturated rings. The topological polar surface area (TPSA) is 0 Å². The molecule has 0 bridgehead atoms. The fourth-order valence-electron chi connectivity index (χ4n) is 1.01. The van der Waals surface area contributed by atoms with Gasteiger partial charge in [-0.3, -0.25) is 0 Å². The van der Waals surface area contributed by atoms with E-state index in [2.05, 4.69) is 6.07 Å². The largest absolute Gasteiger partial charge is 0.0564 e. The summed E-state index contributed by atoms with van der Waals surface area (Å²) in [5.74, 6) is 0. The van der Waals surface area contributed by atoms with E-state index in [1.807, 2.05) is 26.0 Å². The molecule has 0 saturated heterocycles. The van der Waals surface area contributed by atoms with Crippen molar-refractivity contribution in [3.8, 4) is 0 Å². The van der Waals surface area contributed by atoms with E-state index in [4.69, 9.17) is 6.92 Å². The third-order valence-corrected chi connectivity index (χ3v) is 1.24. The fourth-order valence-corrected chi connectivity index (χ4v) is 1.01. The Morgan fingerprint density at radius 3 is 1.78 bits per heavy atom. The van der Waals surface area contributed by atoms with Crippen molar-refractivity contribution in [2.75, 3.05) is 0 Å².